The summed E-state index contributed by atoms with van der Waals surface area (Å²) in [5.41, 5.74) is 4.96. The highest BCUT2D eigenvalue weighted by Gasteiger charge is 2.20. The molecule has 0 fully saturated rings. The summed E-state index contributed by atoms with van der Waals surface area (Å²) in [6, 6.07) is 22.3. The zero-order chi connectivity index (χ0) is 17.5. The molecule has 0 spiro atoms. The number of para-hydroxylation sites is 1. The van der Waals surface area contributed by atoms with Gasteiger partial charge in [-0.2, -0.15) is 0 Å². The Bertz CT molecular complexity index is 1120. The van der Waals surface area contributed by atoms with Crippen LogP contribution in [0.4, 0.5) is 0 Å². The maximum Gasteiger partial charge on any atom is 0.231 e. The molecule has 0 radical (unpaired) electrons. The first-order valence-electron chi connectivity index (χ1n) is 8.52. The summed E-state index contributed by atoms with van der Waals surface area (Å²) < 4.78 is 11.2. The fraction of sp³-hybridized carbons (Fsp3) is 0.0909. The molecule has 0 saturated carbocycles. The third-order valence-corrected chi connectivity index (χ3v) is 4.63. The van der Waals surface area contributed by atoms with Crippen molar-refractivity contribution in [1.82, 2.24) is 9.97 Å². The average Bonchev–Trinajstić information content (AvgIpc) is 3.15. The predicted octanol–water partition coefficient (Wildman–Crippen LogP) is 5.00. The van der Waals surface area contributed by atoms with E-state index in [1.807, 2.05) is 61.5 Å². The number of fused-ring (bicyclic) bond motifs is 2. The van der Waals surface area contributed by atoms with Gasteiger partial charge in [-0.3, -0.25) is 0 Å². The van der Waals surface area contributed by atoms with Crippen LogP contribution in [-0.4, -0.2) is 16.8 Å². The third kappa shape index (κ3) is 2.39. The van der Waals surface area contributed by atoms with Crippen LogP contribution in [0.2, 0.25) is 0 Å². The first kappa shape index (κ1) is 14.9. The summed E-state index contributed by atoms with van der Waals surface area (Å²) in [4.78, 5) is 9.59. The van der Waals surface area contributed by atoms with Gasteiger partial charge in [0.1, 0.15) is 0 Å². The highest BCUT2D eigenvalue weighted by atomic mass is 16.7. The van der Waals surface area contributed by atoms with E-state index in [1.54, 1.807) is 0 Å². The van der Waals surface area contributed by atoms with Gasteiger partial charge in [0.15, 0.2) is 17.3 Å². The molecular formula is C22H16N2O2. The van der Waals surface area contributed by atoms with Gasteiger partial charge in [-0.15, -0.1) is 0 Å². The van der Waals surface area contributed by atoms with Crippen molar-refractivity contribution in [3.63, 3.8) is 0 Å². The monoisotopic (exact) mass is 340 g/mol. The molecule has 1 aliphatic rings. The minimum Gasteiger partial charge on any atom is -0.454 e. The molecule has 0 N–H and O–H groups in total. The van der Waals surface area contributed by atoms with Crippen molar-refractivity contribution in [1.29, 1.82) is 0 Å². The van der Waals surface area contributed by atoms with E-state index in [0.717, 1.165) is 44.8 Å². The number of ether oxygens (including phenoxy) is 2. The highest BCUT2D eigenvalue weighted by molar-refractivity contribution is 5.87. The van der Waals surface area contributed by atoms with Gasteiger partial charge in [0, 0.05) is 16.6 Å². The smallest absolute Gasteiger partial charge is 0.231 e. The number of nitrogens with zero attached hydrogens (tertiary/aromatic N) is 2. The van der Waals surface area contributed by atoms with Gasteiger partial charge in [0.2, 0.25) is 6.79 Å². The van der Waals surface area contributed by atoms with Gasteiger partial charge in [-0.25, -0.2) is 9.97 Å². The first-order valence-corrected chi connectivity index (χ1v) is 8.52. The summed E-state index contributed by atoms with van der Waals surface area (Å²) in [5.74, 6) is 2.18. The van der Waals surface area contributed by atoms with Crippen molar-refractivity contribution >= 4 is 10.9 Å². The first-order chi connectivity index (χ1) is 12.8. The molecule has 1 aromatic heterocycles. The highest BCUT2D eigenvalue weighted by Crippen LogP contribution is 2.42. The molecule has 0 bridgehead atoms. The molecule has 4 aromatic rings. The van der Waals surface area contributed by atoms with Gasteiger partial charge in [0.25, 0.3) is 0 Å². The van der Waals surface area contributed by atoms with Gasteiger partial charge in [-0.1, -0.05) is 48.5 Å². The second kappa shape index (κ2) is 5.85. The van der Waals surface area contributed by atoms with Gasteiger partial charge < -0.3 is 9.47 Å². The summed E-state index contributed by atoms with van der Waals surface area (Å²) in [6.45, 7) is 2.26. The van der Waals surface area contributed by atoms with E-state index >= 15 is 0 Å². The minimum absolute atomic E-state index is 0.241. The Hall–Kier alpha value is -3.40. The fourth-order valence-electron chi connectivity index (χ4n) is 3.34. The molecule has 26 heavy (non-hydrogen) atoms. The quantitative estimate of drug-likeness (QED) is 0.515. The molecule has 0 amide bonds. The zero-order valence-corrected chi connectivity index (χ0v) is 14.3. The Balaban J connectivity index is 1.79. The Morgan fingerprint density at radius 2 is 1.46 bits per heavy atom. The second-order valence-electron chi connectivity index (χ2n) is 6.27. The molecule has 2 heterocycles. The molecule has 0 unspecified atom stereocenters. The molecule has 5 rings (SSSR count). The molecule has 3 aromatic carbocycles. The lowest BCUT2D eigenvalue weighted by Crippen LogP contribution is -1.96. The van der Waals surface area contributed by atoms with E-state index < -0.39 is 0 Å². The van der Waals surface area contributed by atoms with Gasteiger partial charge >= 0.3 is 0 Å². The largest absolute Gasteiger partial charge is 0.454 e. The Morgan fingerprint density at radius 3 is 2.27 bits per heavy atom. The lowest BCUT2D eigenvalue weighted by atomic mass is 9.98. The molecule has 0 atom stereocenters. The molecule has 1 aliphatic heterocycles. The van der Waals surface area contributed by atoms with Crippen LogP contribution >= 0.6 is 0 Å². The number of hydrogen-bond acceptors (Lipinski definition) is 4. The minimum atomic E-state index is 0.241. The van der Waals surface area contributed by atoms with E-state index in [2.05, 4.69) is 12.1 Å². The van der Waals surface area contributed by atoms with Crippen LogP contribution < -0.4 is 9.47 Å². The molecule has 4 nitrogen and oxygen atoms in total. The van der Waals surface area contributed by atoms with Crippen molar-refractivity contribution in [2.45, 2.75) is 6.92 Å². The van der Waals surface area contributed by atoms with Crippen molar-refractivity contribution in [3.05, 3.63) is 72.4 Å². The molecule has 126 valence electrons. The maximum atomic E-state index is 5.59. The van der Waals surface area contributed by atoms with Crippen molar-refractivity contribution < 1.29 is 9.47 Å². The Morgan fingerprint density at radius 1 is 0.769 bits per heavy atom. The maximum absolute atomic E-state index is 5.59. The Labute approximate surface area is 151 Å². The molecule has 0 aliphatic carbocycles. The number of rotatable bonds is 2. The van der Waals surface area contributed by atoms with Crippen molar-refractivity contribution in [2.24, 2.45) is 0 Å². The summed E-state index contributed by atoms with van der Waals surface area (Å²) in [6.07, 6.45) is 0. The van der Waals surface area contributed by atoms with E-state index in [0.29, 0.717) is 5.82 Å². The standard InChI is InChI=1S/C22H16N2O2/c1-14-16-9-5-6-10-19(16)24-22(23-14)18-12-21-20(25-13-26-21)11-17(18)15-7-3-2-4-8-15/h2-12H,13H2,1H3. The van der Waals surface area contributed by atoms with E-state index in [1.165, 1.54) is 0 Å². The number of aryl methyl sites for hydroxylation is 1. The van der Waals surface area contributed by atoms with E-state index in [4.69, 9.17) is 19.4 Å². The summed E-state index contributed by atoms with van der Waals surface area (Å²) >= 11 is 0. The Kier molecular flexibility index (Phi) is 3.35. The predicted molar refractivity (Wildman–Crippen MR) is 101 cm³/mol. The van der Waals surface area contributed by atoms with Crippen molar-refractivity contribution in [2.75, 3.05) is 6.79 Å². The lowest BCUT2D eigenvalue weighted by Gasteiger charge is -2.12. The fourth-order valence-corrected chi connectivity index (χ4v) is 3.34. The lowest BCUT2D eigenvalue weighted by molar-refractivity contribution is 0.174. The van der Waals surface area contributed by atoms with Crippen LogP contribution in [0, 0.1) is 6.92 Å². The second-order valence-corrected chi connectivity index (χ2v) is 6.27. The van der Waals surface area contributed by atoms with Crippen LogP contribution in [0.1, 0.15) is 5.69 Å². The third-order valence-electron chi connectivity index (χ3n) is 4.63. The normalized spacial score (nSPS) is 12.5. The van der Waals surface area contributed by atoms with E-state index in [-0.39, 0.29) is 6.79 Å². The average molecular weight is 340 g/mol. The van der Waals surface area contributed by atoms with Gasteiger partial charge in [-0.05, 0) is 36.2 Å². The molecule has 0 saturated heterocycles. The molecule has 4 heteroatoms. The molecular weight excluding hydrogens is 324 g/mol. The SMILES string of the molecule is Cc1nc(-c2cc3c(cc2-c2ccccc2)OCO3)nc2ccccc12. The van der Waals surface area contributed by atoms with Crippen LogP contribution in [-0.2, 0) is 0 Å². The number of aromatic nitrogens is 2. The van der Waals surface area contributed by atoms with Crippen LogP contribution in [0.15, 0.2) is 66.7 Å². The zero-order valence-electron chi connectivity index (χ0n) is 14.3. The number of hydrogen-bond donors (Lipinski definition) is 0. The van der Waals surface area contributed by atoms with Crippen LogP contribution in [0.5, 0.6) is 11.5 Å². The van der Waals surface area contributed by atoms with Crippen LogP contribution in [0.3, 0.4) is 0 Å². The van der Waals surface area contributed by atoms with Gasteiger partial charge in [0.05, 0.1) is 5.52 Å². The van der Waals surface area contributed by atoms with Crippen molar-refractivity contribution in [3.8, 4) is 34.0 Å². The topological polar surface area (TPSA) is 44.2 Å². The summed E-state index contributed by atoms with van der Waals surface area (Å²) in [7, 11) is 0. The number of benzene rings is 3. The van der Waals surface area contributed by atoms with E-state index in [9.17, 15) is 0 Å². The summed E-state index contributed by atoms with van der Waals surface area (Å²) in [5, 5.41) is 1.07. The van der Waals surface area contributed by atoms with Crippen LogP contribution in [0.25, 0.3) is 33.4 Å².